The Morgan fingerprint density at radius 1 is 1.40 bits per heavy atom. The van der Waals surface area contributed by atoms with Crippen molar-refractivity contribution in [2.45, 2.75) is 6.04 Å². The molecule has 0 spiro atoms. The van der Waals surface area contributed by atoms with Crippen LogP contribution in [-0.2, 0) is 4.74 Å². The fourth-order valence-electron chi connectivity index (χ4n) is 1.77. The monoisotopic (exact) mass is 225 g/mol. The molecule has 1 amide bonds. The minimum atomic E-state index is -0.410. The van der Waals surface area contributed by atoms with Crippen molar-refractivity contribution in [3.63, 3.8) is 0 Å². The highest BCUT2D eigenvalue weighted by molar-refractivity contribution is 6.62. The Kier molecular flexibility index (Phi) is 3.23. The molecule has 0 aromatic heterocycles. The largest absolute Gasteiger partial charge is 0.377 e. The molecule has 4 heteroatoms. The summed E-state index contributed by atoms with van der Waals surface area (Å²) >= 11 is 5.53. The number of nitrogens with zero attached hydrogens (tertiary/aromatic N) is 1. The summed E-state index contributed by atoms with van der Waals surface area (Å²) in [6, 6.07) is 9.74. The standard InChI is InChI=1S/C11H12ClNO2/c12-11(14)13-6-7-15-8-10(13)9-4-2-1-3-5-9/h1-5,10H,6-8H2/t10-/m0/s1. The van der Waals surface area contributed by atoms with Gasteiger partial charge >= 0.3 is 5.37 Å². The van der Waals surface area contributed by atoms with Gasteiger partial charge < -0.3 is 9.64 Å². The molecule has 1 atom stereocenters. The molecule has 0 bridgehead atoms. The van der Waals surface area contributed by atoms with Gasteiger partial charge in [0.25, 0.3) is 0 Å². The second-order valence-corrected chi connectivity index (χ2v) is 3.77. The first-order chi connectivity index (χ1) is 7.29. The Labute approximate surface area is 93.6 Å². The van der Waals surface area contributed by atoms with E-state index in [-0.39, 0.29) is 6.04 Å². The van der Waals surface area contributed by atoms with E-state index in [4.69, 9.17) is 16.3 Å². The van der Waals surface area contributed by atoms with E-state index in [9.17, 15) is 4.79 Å². The molecule has 1 heterocycles. The van der Waals surface area contributed by atoms with Gasteiger partial charge in [-0.2, -0.15) is 0 Å². The molecular weight excluding hydrogens is 214 g/mol. The summed E-state index contributed by atoms with van der Waals surface area (Å²) in [4.78, 5) is 12.9. The number of amides is 1. The van der Waals surface area contributed by atoms with Gasteiger partial charge in [-0.15, -0.1) is 0 Å². The van der Waals surface area contributed by atoms with Crippen LogP contribution in [0.5, 0.6) is 0 Å². The number of morpholine rings is 1. The predicted octanol–water partition coefficient (Wildman–Crippen LogP) is 2.42. The smallest absolute Gasteiger partial charge is 0.317 e. The van der Waals surface area contributed by atoms with Crippen LogP contribution in [-0.4, -0.2) is 30.0 Å². The maximum absolute atomic E-state index is 11.2. The van der Waals surface area contributed by atoms with Crippen molar-refractivity contribution in [3.05, 3.63) is 35.9 Å². The maximum Gasteiger partial charge on any atom is 0.317 e. The number of rotatable bonds is 1. The highest BCUT2D eigenvalue weighted by Gasteiger charge is 2.27. The highest BCUT2D eigenvalue weighted by Crippen LogP contribution is 2.24. The third-order valence-corrected chi connectivity index (χ3v) is 2.76. The van der Waals surface area contributed by atoms with Crippen molar-refractivity contribution >= 4 is 17.0 Å². The minimum Gasteiger partial charge on any atom is -0.377 e. The predicted molar refractivity (Wildman–Crippen MR) is 58.0 cm³/mol. The lowest BCUT2D eigenvalue weighted by Gasteiger charge is -2.34. The van der Waals surface area contributed by atoms with Crippen molar-refractivity contribution < 1.29 is 9.53 Å². The molecule has 0 unspecified atom stereocenters. The van der Waals surface area contributed by atoms with Crippen LogP contribution in [0.25, 0.3) is 0 Å². The molecule has 1 aromatic rings. The first-order valence-electron chi connectivity index (χ1n) is 4.88. The molecule has 1 aliphatic heterocycles. The Bertz CT molecular complexity index is 342. The lowest BCUT2D eigenvalue weighted by atomic mass is 10.1. The fraction of sp³-hybridized carbons (Fsp3) is 0.364. The van der Waals surface area contributed by atoms with Crippen LogP contribution in [0, 0.1) is 0 Å². The number of ether oxygens (including phenoxy) is 1. The van der Waals surface area contributed by atoms with Gasteiger partial charge in [0.2, 0.25) is 0 Å². The Morgan fingerprint density at radius 2 is 2.13 bits per heavy atom. The van der Waals surface area contributed by atoms with E-state index in [1.165, 1.54) is 0 Å². The van der Waals surface area contributed by atoms with Crippen molar-refractivity contribution in [2.75, 3.05) is 19.8 Å². The van der Waals surface area contributed by atoms with E-state index >= 15 is 0 Å². The van der Waals surface area contributed by atoms with Crippen LogP contribution in [0.3, 0.4) is 0 Å². The molecule has 0 radical (unpaired) electrons. The summed E-state index contributed by atoms with van der Waals surface area (Å²) in [7, 11) is 0. The molecule has 3 nitrogen and oxygen atoms in total. The second kappa shape index (κ2) is 4.64. The van der Waals surface area contributed by atoms with Gasteiger partial charge in [0.1, 0.15) is 0 Å². The molecule has 1 saturated heterocycles. The number of hydrogen-bond donors (Lipinski definition) is 0. The lowest BCUT2D eigenvalue weighted by Crippen LogP contribution is -2.40. The third-order valence-electron chi connectivity index (χ3n) is 2.54. The SMILES string of the molecule is O=C(Cl)N1CCOC[C@H]1c1ccccc1. The zero-order valence-corrected chi connectivity index (χ0v) is 8.98. The number of benzene rings is 1. The highest BCUT2D eigenvalue weighted by atomic mass is 35.5. The number of carbonyl (C=O) groups excluding carboxylic acids is 1. The van der Waals surface area contributed by atoms with Gasteiger partial charge in [0, 0.05) is 6.54 Å². The van der Waals surface area contributed by atoms with E-state index in [0.717, 1.165) is 5.56 Å². The van der Waals surface area contributed by atoms with Crippen molar-refractivity contribution in [2.24, 2.45) is 0 Å². The quantitative estimate of drug-likeness (QED) is 0.543. The Morgan fingerprint density at radius 3 is 2.80 bits per heavy atom. The van der Waals surface area contributed by atoms with Crippen molar-refractivity contribution in [1.82, 2.24) is 4.90 Å². The molecule has 2 rings (SSSR count). The van der Waals surface area contributed by atoms with Gasteiger partial charge in [-0.1, -0.05) is 30.3 Å². The number of carbonyl (C=O) groups is 1. The molecule has 1 aliphatic rings. The maximum atomic E-state index is 11.2. The van der Waals surface area contributed by atoms with E-state index in [0.29, 0.717) is 19.8 Å². The first kappa shape index (κ1) is 10.5. The molecule has 1 fully saturated rings. The number of hydrogen-bond acceptors (Lipinski definition) is 2. The topological polar surface area (TPSA) is 29.5 Å². The van der Waals surface area contributed by atoms with Gasteiger partial charge in [-0.25, -0.2) is 0 Å². The first-order valence-corrected chi connectivity index (χ1v) is 5.25. The van der Waals surface area contributed by atoms with Crippen LogP contribution in [0.1, 0.15) is 11.6 Å². The molecule has 0 N–H and O–H groups in total. The molecular formula is C11H12ClNO2. The molecule has 80 valence electrons. The van der Waals surface area contributed by atoms with Crippen LogP contribution >= 0.6 is 11.6 Å². The van der Waals surface area contributed by atoms with Crippen molar-refractivity contribution in [1.29, 1.82) is 0 Å². The van der Waals surface area contributed by atoms with Gasteiger partial charge in [0.15, 0.2) is 0 Å². The van der Waals surface area contributed by atoms with E-state index in [2.05, 4.69) is 0 Å². The summed E-state index contributed by atoms with van der Waals surface area (Å²) in [6.45, 7) is 1.63. The fourth-order valence-corrected chi connectivity index (χ4v) is 1.97. The van der Waals surface area contributed by atoms with Gasteiger partial charge in [0.05, 0.1) is 19.3 Å². The van der Waals surface area contributed by atoms with Crippen molar-refractivity contribution in [3.8, 4) is 0 Å². The summed E-state index contributed by atoms with van der Waals surface area (Å²) in [5.41, 5.74) is 1.06. The lowest BCUT2D eigenvalue weighted by molar-refractivity contribution is 0.0172. The minimum absolute atomic E-state index is 0.0510. The Balaban J connectivity index is 2.22. The zero-order valence-electron chi connectivity index (χ0n) is 8.23. The molecule has 0 aliphatic carbocycles. The van der Waals surface area contributed by atoms with Gasteiger partial charge in [-0.05, 0) is 17.2 Å². The molecule has 1 aromatic carbocycles. The third kappa shape index (κ3) is 2.30. The van der Waals surface area contributed by atoms with E-state index in [1.807, 2.05) is 30.3 Å². The zero-order chi connectivity index (χ0) is 10.7. The second-order valence-electron chi connectivity index (χ2n) is 3.45. The summed E-state index contributed by atoms with van der Waals surface area (Å²) in [5.74, 6) is 0. The number of halogens is 1. The van der Waals surface area contributed by atoms with Crippen LogP contribution < -0.4 is 0 Å². The summed E-state index contributed by atoms with van der Waals surface area (Å²) in [6.07, 6.45) is 0. The van der Waals surface area contributed by atoms with Crippen LogP contribution in [0.15, 0.2) is 30.3 Å². The molecule has 15 heavy (non-hydrogen) atoms. The van der Waals surface area contributed by atoms with E-state index in [1.54, 1.807) is 4.90 Å². The average molecular weight is 226 g/mol. The normalized spacial score (nSPS) is 21.4. The van der Waals surface area contributed by atoms with Gasteiger partial charge in [-0.3, -0.25) is 4.79 Å². The molecule has 0 saturated carbocycles. The van der Waals surface area contributed by atoms with E-state index < -0.39 is 5.37 Å². The summed E-state index contributed by atoms with van der Waals surface area (Å²) < 4.78 is 5.36. The summed E-state index contributed by atoms with van der Waals surface area (Å²) in [5, 5.41) is -0.410. The average Bonchev–Trinajstić information content (AvgIpc) is 2.30. The van der Waals surface area contributed by atoms with Crippen LogP contribution in [0.2, 0.25) is 0 Å². The van der Waals surface area contributed by atoms with Crippen LogP contribution in [0.4, 0.5) is 4.79 Å². The Hall–Kier alpha value is -1.06.